The van der Waals surface area contributed by atoms with Crippen molar-refractivity contribution in [3.05, 3.63) is 59.2 Å². The highest BCUT2D eigenvalue weighted by Crippen LogP contribution is 2.23. The number of anilines is 1. The minimum Gasteiger partial charge on any atom is -0.508 e. The van der Waals surface area contributed by atoms with E-state index in [2.05, 4.69) is 10.6 Å². The molecule has 10 nitrogen and oxygen atoms in total. The molecule has 1 aliphatic rings. The number of hydrogen-bond acceptors (Lipinski definition) is 8. The number of esters is 1. The van der Waals surface area contributed by atoms with Crippen molar-refractivity contribution >= 4 is 23.6 Å². The molecule has 4 N–H and O–H groups in total. The van der Waals surface area contributed by atoms with Crippen LogP contribution in [0.4, 0.5) is 10.5 Å². The average Bonchev–Trinajstić information content (AvgIpc) is 3.31. The first-order valence-electron chi connectivity index (χ1n) is 15.0. The van der Waals surface area contributed by atoms with E-state index >= 15 is 0 Å². The molecule has 1 fully saturated rings. The molecule has 42 heavy (non-hydrogen) atoms. The second-order valence-corrected chi connectivity index (χ2v) is 10.6. The van der Waals surface area contributed by atoms with Crippen LogP contribution in [0.5, 0.6) is 5.75 Å². The molecular formula is C32H45N3O7. The quantitative estimate of drug-likeness (QED) is 0.102. The monoisotopic (exact) mass is 583 g/mol. The Balaban J connectivity index is 1.13. The third kappa shape index (κ3) is 11.4. The Morgan fingerprint density at radius 3 is 2.45 bits per heavy atom. The van der Waals surface area contributed by atoms with Crippen LogP contribution < -0.4 is 15.5 Å². The Kier molecular flexibility index (Phi) is 14.3. The Labute approximate surface area is 248 Å². The molecule has 1 aliphatic heterocycles. The fourth-order valence-electron chi connectivity index (χ4n) is 4.80. The highest BCUT2D eigenvalue weighted by atomic mass is 16.5. The minimum atomic E-state index is -0.710. The third-order valence-corrected chi connectivity index (χ3v) is 7.17. The summed E-state index contributed by atoms with van der Waals surface area (Å²) in [7, 11) is 0. The third-order valence-electron chi connectivity index (χ3n) is 7.17. The normalized spacial score (nSPS) is 13.8. The molecule has 3 amide bonds. The standard InChI is InChI=1S/C32H45N3O7/c1-24(36)42-23-27-20-26(14-15-29(27)37)30(38)21-33-16-7-3-5-9-18-41-17-8-4-2-6-11-25-12-10-13-28(19-25)35-31(39)22-34-32(35)40/h10,12-15,19-20,30,33,37-38H,2-9,11,16-18,21-23H2,1H3,(H,34,40)/t30-/m0/s1. The average molecular weight is 584 g/mol. The fraction of sp³-hybridized carbons (Fsp3) is 0.531. The highest BCUT2D eigenvalue weighted by Gasteiger charge is 2.29. The maximum Gasteiger partial charge on any atom is 0.329 e. The Morgan fingerprint density at radius 2 is 1.74 bits per heavy atom. The molecular weight excluding hydrogens is 538 g/mol. The number of carbonyl (C=O) groups excluding carboxylic acids is 3. The van der Waals surface area contributed by atoms with Crippen molar-refractivity contribution in [2.24, 2.45) is 0 Å². The predicted octanol–water partition coefficient (Wildman–Crippen LogP) is 4.51. The number of hydrogen-bond donors (Lipinski definition) is 4. The number of aliphatic hydroxyl groups excluding tert-OH is 1. The zero-order chi connectivity index (χ0) is 30.2. The summed E-state index contributed by atoms with van der Waals surface area (Å²) >= 11 is 0. The number of amides is 3. The molecule has 2 aromatic carbocycles. The highest BCUT2D eigenvalue weighted by molar-refractivity contribution is 6.19. The summed E-state index contributed by atoms with van der Waals surface area (Å²) in [6.45, 7) is 4.12. The van der Waals surface area contributed by atoms with Crippen LogP contribution >= 0.6 is 0 Å². The van der Waals surface area contributed by atoms with Crippen LogP contribution in [0.1, 0.15) is 81.1 Å². The van der Waals surface area contributed by atoms with E-state index in [0.717, 1.165) is 83.1 Å². The molecule has 1 saturated heterocycles. The lowest BCUT2D eigenvalue weighted by molar-refractivity contribution is -0.142. The summed E-state index contributed by atoms with van der Waals surface area (Å²) in [5, 5.41) is 26.2. The van der Waals surface area contributed by atoms with Gasteiger partial charge in [-0.1, -0.05) is 43.9 Å². The number of aromatic hydroxyl groups is 1. The van der Waals surface area contributed by atoms with Crippen molar-refractivity contribution in [2.45, 2.75) is 77.4 Å². The van der Waals surface area contributed by atoms with E-state index in [4.69, 9.17) is 9.47 Å². The number of aryl methyl sites for hydroxylation is 1. The topological polar surface area (TPSA) is 137 Å². The van der Waals surface area contributed by atoms with Gasteiger partial charge >= 0.3 is 12.0 Å². The Morgan fingerprint density at radius 1 is 1.00 bits per heavy atom. The van der Waals surface area contributed by atoms with Crippen LogP contribution in [-0.4, -0.2) is 61.0 Å². The van der Waals surface area contributed by atoms with Crippen molar-refractivity contribution in [1.29, 1.82) is 0 Å². The van der Waals surface area contributed by atoms with Gasteiger partial charge in [-0.15, -0.1) is 0 Å². The number of phenols is 1. The van der Waals surface area contributed by atoms with Crippen LogP contribution in [0.25, 0.3) is 0 Å². The molecule has 10 heteroatoms. The van der Waals surface area contributed by atoms with Gasteiger partial charge in [0.15, 0.2) is 0 Å². The molecule has 0 saturated carbocycles. The number of unbranched alkanes of at least 4 members (excludes halogenated alkanes) is 6. The summed E-state index contributed by atoms with van der Waals surface area (Å²) in [4.78, 5) is 36.0. The second-order valence-electron chi connectivity index (χ2n) is 10.6. The van der Waals surface area contributed by atoms with Gasteiger partial charge in [0, 0.05) is 32.2 Å². The molecule has 1 atom stereocenters. The minimum absolute atomic E-state index is 0.0248. The zero-order valence-electron chi connectivity index (χ0n) is 24.6. The maximum absolute atomic E-state index is 11.9. The molecule has 0 radical (unpaired) electrons. The van der Waals surface area contributed by atoms with Crippen LogP contribution in [0.3, 0.4) is 0 Å². The number of imide groups is 1. The molecule has 230 valence electrons. The van der Waals surface area contributed by atoms with E-state index in [1.807, 2.05) is 18.2 Å². The number of nitrogens with one attached hydrogen (secondary N) is 2. The van der Waals surface area contributed by atoms with E-state index in [9.17, 15) is 24.6 Å². The smallest absolute Gasteiger partial charge is 0.329 e. The number of benzene rings is 2. The first kappa shape index (κ1) is 33.0. The van der Waals surface area contributed by atoms with Crippen LogP contribution in [0.15, 0.2) is 42.5 Å². The number of phenolic OH excluding ortho intramolecular Hbond substituents is 1. The fourth-order valence-corrected chi connectivity index (χ4v) is 4.80. The summed E-state index contributed by atoms with van der Waals surface area (Å²) in [6.07, 6.45) is 8.78. The summed E-state index contributed by atoms with van der Waals surface area (Å²) in [6, 6.07) is 12.1. The number of ether oxygens (including phenoxy) is 2. The van der Waals surface area contributed by atoms with Gasteiger partial charge in [-0.25, -0.2) is 9.69 Å². The van der Waals surface area contributed by atoms with Gasteiger partial charge in [-0.3, -0.25) is 9.59 Å². The molecule has 0 bridgehead atoms. The summed E-state index contributed by atoms with van der Waals surface area (Å²) in [5.74, 6) is -0.605. The van der Waals surface area contributed by atoms with Gasteiger partial charge < -0.3 is 30.3 Å². The van der Waals surface area contributed by atoms with Crippen molar-refractivity contribution in [1.82, 2.24) is 10.6 Å². The molecule has 0 spiro atoms. The first-order chi connectivity index (χ1) is 20.3. The Bertz CT molecular complexity index is 1140. The van der Waals surface area contributed by atoms with Crippen LogP contribution in [-0.2, 0) is 32.1 Å². The summed E-state index contributed by atoms with van der Waals surface area (Å²) in [5.41, 5.74) is 2.90. The van der Waals surface area contributed by atoms with E-state index < -0.39 is 12.1 Å². The Hall–Kier alpha value is -3.47. The molecule has 0 aliphatic carbocycles. The van der Waals surface area contributed by atoms with Gasteiger partial charge in [0.25, 0.3) is 5.91 Å². The van der Waals surface area contributed by atoms with Gasteiger partial charge in [-0.05, 0) is 74.0 Å². The largest absolute Gasteiger partial charge is 0.508 e. The SMILES string of the molecule is CC(=O)OCc1cc([C@@H](O)CNCCCCCCOCCCCCCc2cccc(N3C(=O)CNC3=O)c2)ccc1O. The number of nitrogens with zero attached hydrogens (tertiary/aromatic N) is 1. The maximum atomic E-state index is 11.9. The van der Waals surface area contributed by atoms with E-state index in [0.29, 0.717) is 23.4 Å². The first-order valence-corrected chi connectivity index (χ1v) is 15.0. The van der Waals surface area contributed by atoms with Crippen molar-refractivity contribution in [3.63, 3.8) is 0 Å². The lowest BCUT2D eigenvalue weighted by atomic mass is 10.1. The van der Waals surface area contributed by atoms with E-state index in [1.54, 1.807) is 18.2 Å². The van der Waals surface area contributed by atoms with Crippen molar-refractivity contribution in [2.75, 3.05) is 37.7 Å². The number of aliphatic hydroxyl groups is 1. The van der Waals surface area contributed by atoms with Crippen molar-refractivity contribution < 1.29 is 34.1 Å². The van der Waals surface area contributed by atoms with E-state index in [-0.39, 0.29) is 30.8 Å². The molecule has 2 aromatic rings. The molecule has 3 rings (SSSR count). The number of carbonyl (C=O) groups is 3. The zero-order valence-corrected chi connectivity index (χ0v) is 24.6. The lowest BCUT2D eigenvalue weighted by Crippen LogP contribution is -2.30. The van der Waals surface area contributed by atoms with Gasteiger partial charge in [0.05, 0.1) is 18.3 Å². The number of rotatable bonds is 20. The molecule has 0 unspecified atom stereocenters. The molecule has 0 aromatic heterocycles. The second kappa shape index (κ2) is 18.1. The van der Waals surface area contributed by atoms with Gasteiger partial charge in [0.1, 0.15) is 12.4 Å². The van der Waals surface area contributed by atoms with E-state index in [1.165, 1.54) is 17.9 Å². The predicted molar refractivity (Wildman–Crippen MR) is 160 cm³/mol. The van der Waals surface area contributed by atoms with Crippen LogP contribution in [0, 0.1) is 0 Å². The van der Waals surface area contributed by atoms with Crippen molar-refractivity contribution in [3.8, 4) is 5.75 Å². The lowest BCUT2D eigenvalue weighted by Gasteiger charge is -2.14. The van der Waals surface area contributed by atoms with Gasteiger partial charge in [-0.2, -0.15) is 0 Å². The van der Waals surface area contributed by atoms with Crippen LogP contribution in [0.2, 0.25) is 0 Å². The summed E-state index contributed by atoms with van der Waals surface area (Å²) < 4.78 is 10.7. The number of urea groups is 1. The molecule has 1 heterocycles. The van der Waals surface area contributed by atoms with Gasteiger partial charge in [0.2, 0.25) is 0 Å².